The van der Waals surface area contributed by atoms with E-state index in [0.29, 0.717) is 25.9 Å². The first-order valence-corrected chi connectivity index (χ1v) is 7.82. The van der Waals surface area contributed by atoms with E-state index >= 15 is 0 Å². The molecular formula is C17H18FN3O3. The van der Waals surface area contributed by atoms with Gasteiger partial charge in [0.15, 0.2) is 11.5 Å². The molecule has 0 unspecified atom stereocenters. The quantitative estimate of drug-likeness (QED) is 0.936. The molecule has 1 fully saturated rings. The van der Waals surface area contributed by atoms with Gasteiger partial charge in [-0.25, -0.2) is 4.39 Å². The molecule has 0 aliphatic carbocycles. The summed E-state index contributed by atoms with van der Waals surface area (Å²) in [6.07, 6.45) is 1.40. The van der Waals surface area contributed by atoms with Crippen LogP contribution in [0.1, 0.15) is 30.3 Å². The highest BCUT2D eigenvalue weighted by Gasteiger charge is 2.24. The van der Waals surface area contributed by atoms with Gasteiger partial charge in [0.2, 0.25) is 5.91 Å². The molecule has 1 N–H and O–H groups in total. The Balaban J connectivity index is 1.63. The summed E-state index contributed by atoms with van der Waals surface area (Å²) in [7, 11) is 0. The van der Waals surface area contributed by atoms with Crippen LogP contribution >= 0.6 is 0 Å². The summed E-state index contributed by atoms with van der Waals surface area (Å²) < 4.78 is 18.8. The largest absolute Gasteiger partial charge is 0.355 e. The molecule has 1 aliphatic heterocycles. The van der Waals surface area contributed by atoms with E-state index in [0.717, 1.165) is 0 Å². The maximum absolute atomic E-state index is 13.7. The summed E-state index contributed by atoms with van der Waals surface area (Å²) in [5.41, 5.74) is 0.376. The second kappa shape index (κ2) is 6.82. The van der Waals surface area contributed by atoms with Crippen LogP contribution in [-0.4, -0.2) is 41.0 Å². The molecule has 0 bridgehead atoms. The number of amides is 2. The zero-order chi connectivity index (χ0) is 17.1. The molecule has 0 atom stereocenters. The minimum atomic E-state index is -0.433. The van der Waals surface area contributed by atoms with Crippen molar-refractivity contribution in [1.82, 2.24) is 15.4 Å². The molecule has 2 amide bonds. The second-order valence-electron chi connectivity index (χ2n) is 5.81. The molecule has 2 aromatic rings. The standard InChI is InChI=1S/C17H18FN3O3/c1-11(22)21-8-6-12(7-9-21)19-17(23)15-10-16(24-20-15)13-4-2-3-5-14(13)18/h2-5,10,12H,6-9H2,1H3,(H,19,23). The Morgan fingerprint density at radius 3 is 2.67 bits per heavy atom. The lowest BCUT2D eigenvalue weighted by atomic mass is 10.0. The highest BCUT2D eigenvalue weighted by atomic mass is 19.1. The van der Waals surface area contributed by atoms with Crippen molar-refractivity contribution in [2.75, 3.05) is 13.1 Å². The van der Waals surface area contributed by atoms with Crippen LogP contribution in [0.3, 0.4) is 0 Å². The van der Waals surface area contributed by atoms with Crippen LogP contribution in [0.2, 0.25) is 0 Å². The summed E-state index contributed by atoms with van der Waals surface area (Å²) in [5, 5.41) is 6.60. The number of rotatable bonds is 3. The first kappa shape index (κ1) is 16.2. The average Bonchev–Trinajstić information content (AvgIpc) is 3.05. The van der Waals surface area contributed by atoms with Gasteiger partial charge in [0.05, 0.1) is 5.56 Å². The van der Waals surface area contributed by atoms with Crippen LogP contribution < -0.4 is 5.32 Å². The number of hydrogen-bond donors (Lipinski definition) is 1. The molecule has 1 aromatic carbocycles. The van der Waals surface area contributed by atoms with Crippen LogP contribution in [0.4, 0.5) is 4.39 Å². The van der Waals surface area contributed by atoms with Gasteiger partial charge in [0, 0.05) is 32.1 Å². The fourth-order valence-corrected chi connectivity index (χ4v) is 2.77. The third-order valence-electron chi connectivity index (χ3n) is 4.16. The molecule has 0 saturated carbocycles. The number of nitrogens with one attached hydrogen (secondary N) is 1. The summed E-state index contributed by atoms with van der Waals surface area (Å²) >= 11 is 0. The van der Waals surface area contributed by atoms with Crippen LogP contribution in [0.25, 0.3) is 11.3 Å². The van der Waals surface area contributed by atoms with E-state index in [1.807, 2.05) is 0 Å². The van der Waals surface area contributed by atoms with Gasteiger partial charge < -0.3 is 14.7 Å². The Morgan fingerprint density at radius 2 is 2.00 bits per heavy atom. The molecule has 6 nitrogen and oxygen atoms in total. The SMILES string of the molecule is CC(=O)N1CCC(NC(=O)c2cc(-c3ccccc3F)on2)CC1. The number of aromatic nitrogens is 1. The number of hydrogen-bond acceptors (Lipinski definition) is 4. The highest BCUT2D eigenvalue weighted by Crippen LogP contribution is 2.23. The Labute approximate surface area is 138 Å². The van der Waals surface area contributed by atoms with Crippen molar-refractivity contribution < 1.29 is 18.5 Å². The van der Waals surface area contributed by atoms with Crippen molar-refractivity contribution in [2.45, 2.75) is 25.8 Å². The lowest BCUT2D eigenvalue weighted by molar-refractivity contribution is -0.129. The predicted molar refractivity (Wildman–Crippen MR) is 84.6 cm³/mol. The number of halogens is 1. The Bertz CT molecular complexity index is 751. The Morgan fingerprint density at radius 1 is 1.29 bits per heavy atom. The van der Waals surface area contributed by atoms with Crippen molar-refractivity contribution >= 4 is 11.8 Å². The molecule has 24 heavy (non-hydrogen) atoms. The lowest BCUT2D eigenvalue weighted by Crippen LogP contribution is -2.46. The molecule has 0 radical (unpaired) electrons. The number of benzene rings is 1. The van der Waals surface area contributed by atoms with Crippen LogP contribution in [0.5, 0.6) is 0 Å². The first-order valence-electron chi connectivity index (χ1n) is 7.82. The predicted octanol–water partition coefficient (Wildman–Crippen LogP) is 2.22. The zero-order valence-electron chi connectivity index (χ0n) is 13.3. The lowest BCUT2D eigenvalue weighted by Gasteiger charge is -2.31. The Kier molecular flexibility index (Phi) is 4.59. The summed E-state index contributed by atoms with van der Waals surface area (Å²) in [6.45, 7) is 2.79. The molecule has 1 aliphatic rings. The van der Waals surface area contributed by atoms with Gasteiger partial charge in [-0.05, 0) is 25.0 Å². The molecule has 0 spiro atoms. The van der Waals surface area contributed by atoms with Crippen molar-refractivity contribution in [3.8, 4) is 11.3 Å². The number of likely N-dealkylation sites (tertiary alicyclic amines) is 1. The topological polar surface area (TPSA) is 75.4 Å². The summed E-state index contributed by atoms with van der Waals surface area (Å²) in [6, 6.07) is 7.56. The van der Waals surface area contributed by atoms with E-state index < -0.39 is 5.82 Å². The Hall–Kier alpha value is -2.70. The fraction of sp³-hybridized carbons (Fsp3) is 0.353. The monoisotopic (exact) mass is 331 g/mol. The van der Waals surface area contributed by atoms with Crippen molar-refractivity contribution in [2.24, 2.45) is 0 Å². The van der Waals surface area contributed by atoms with E-state index in [1.165, 1.54) is 12.1 Å². The van der Waals surface area contributed by atoms with Crippen molar-refractivity contribution in [1.29, 1.82) is 0 Å². The van der Waals surface area contributed by atoms with E-state index in [9.17, 15) is 14.0 Å². The van der Waals surface area contributed by atoms with Gasteiger partial charge in [-0.1, -0.05) is 17.3 Å². The van der Waals surface area contributed by atoms with Gasteiger partial charge in [0.1, 0.15) is 5.82 Å². The van der Waals surface area contributed by atoms with Crippen LogP contribution in [-0.2, 0) is 4.79 Å². The zero-order valence-corrected chi connectivity index (χ0v) is 13.3. The van der Waals surface area contributed by atoms with Gasteiger partial charge in [-0.2, -0.15) is 0 Å². The number of piperidine rings is 1. The molecule has 3 rings (SSSR count). The van der Waals surface area contributed by atoms with Gasteiger partial charge in [-0.15, -0.1) is 0 Å². The van der Waals surface area contributed by atoms with Crippen molar-refractivity contribution in [3.63, 3.8) is 0 Å². The third kappa shape index (κ3) is 3.45. The van der Waals surface area contributed by atoms with E-state index in [1.54, 1.807) is 30.0 Å². The number of carbonyl (C=O) groups is 2. The van der Waals surface area contributed by atoms with E-state index in [4.69, 9.17) is 4.52 Å². The average molecular weight is 331 g/mol. The molecule has 7 heteroatoms. The molecule has 1 saturated heterocycles. The minimum absolute atomic E-state index is 0.0123. The highest BCUT2D eigenvalue weighted by molar-refractivity contribution is 5.93. The van der Waals surface area contributed by atoms with Crippen LogP contribution in [0.15, 0.2) is 34.9 Å². The smallest absolute Gasteiger partial charge is 0.273 e. The summed E-state index contributed by atoms with van der Waals surface area (Å²) in [5.74, 6) is -0.532. The molecule has 1 aromatic heterocycles. The fourth-order valence-electron chi connectivity index (χ4n) is 2.77. The number of nitrogens with zero attached hydrogens (tertiary/aromatic N) is 2. The first-order chi connectivity index (χ1) is 11.5. The number of carbonyl (C=O) groups excluding carboxylic acids is 2. The molecular weight excluding hydrogens is 313 g/mol. The summed E-state index contributed by atoms with van der Waals surface area (Å²) in [4.78, 5) is 25.3. The normalized spacial score (nSPS) is 15.3. The molecule has 126 valence electrons. The van der Waals surface area contributed by atoms with Gasteiger partial charge in [-0.3, -0.25) is 9.59 Å². The van der Waals surface area contributed by atoms with Gasteiger partial charge >= 0.3 is 0 Å². The van der Waals surface area contributed by atoms with E-state index in [-0.39, 0.29) is 34.9 Å². The maximum atomic E-state index is 13.7. The maximum Gasteiger partial charge on any atom is 0.273 e. The van der Waals surface area contributed by atoms with Gasteiger partial charge in [0.25, 0.3) is 5.91 Å². The van der Waals surface area contributed by atoms with Crippen molar-refractivity contribution in [3.05, 3.63) is 41.8 Å². The second-order valence-corrected chi connectivity index (χ2v) is 5.81. The van der Waals surface area contributed by atoms with E-state index in [2.05, 4.69) is 10.5 Å². The molecule has 2 heterocycles. The minimum Gasteiger partial charge on any atom is -0.355 e. The third-order valence-corrected chi connectivity index (χ3v) is 4.16. The van der Waals surface area contributed by atoms with Crippen LogP contribution in [0, 0.1) is 5.82 Å².